The summed E-state index contributed by atoms with van der Waals surface area (Å²) in [5.74, 6) is 1.40. The van der Waals surface area contributed by atoms with Crippen LogP contribution < -0.4 is 9.47 Å². The molecule has 0 aliphatic carbocycles. The molecule has 0 amide bonds. The Morgan fingerprint density at radius 2 is 1.94 bits per heavy atom. The molecule has 3 nitrogen and oxygen atoms in total. The van der Waals surface area contributed by atoms with E-state index < -0.39 is 0 Å². The molecule has 0 atom stereocenters. The Morgan fingerprint density at radius 3 is 2.71 bits per heavy atom. The van der Waals surface area contributed by atoms with Crippen LogP contribution in [0.5, 0.6) is 11.6 Å². The number of rotatable bonds is 4. The summed E-state index contributed by atoms with van der Waals surface area (Å²) in [6, 6.07) is 13.3. The average Bonchev–Trinajstić information content (AvgIpc) is 2.38. The molecule has 0 saturated heterocycles. The lowest BCUT2D eigenvalue weighted by atomic mass is 10.3. The van der Waals surface area contributed by atoms with Crippen molar-refractivity contribution in [3.63, 3.8) is 0 Å². The van der Waals surface area contributed by atoms with E-state index in [4.69, 9.17) is 9.47 Å². The molecule has 1 aromatic carbocycles. The van der Waals surface area contributed by atoms with E-state index in [1.807, 2.05) is 42.5 Å². The van der Waals surface area contributed by atoms with Gasteiger partial charge in [0.15, 0.2) is 0 Å². The number of nitrogens with zero attached hydrogens (tertiary/aromatic N) is 1. The van der Waals surface area contributed by atoms with Crippen molar-refractivity contribution < 1.29 is 9.47 Å². The average molecular weight is 294 g/mol. The fourth-order valence-corrected chi connectivity index (χ4v) is 1.76. The largest absolute Gasteiger partial charge is 0.486 e. The van der Waals surface area contributed by atoms with Crippen molar-refractivity contribution in [1.82, 2.24) is 4.98 Å². The molecule has 0 unspecified atom stereocenters. The number of ether oxygens (including phenoxy) is 2. The van der Waals surface area contributed by atoms with Crippen LogP contribution in [0.15, 0.2) is 46.9 Å². The third kappa shape index (κ3) is 3.20. The van der Waals surface area contributed by atoms with E-state index in [1.165, 1.54) is 0 Å². The van der Waals surface area contributed by atoms with Crippen molar-refractivity contribution in [1.29, 1.82) is 0 Å². The Balaban J connectivity index is 2.05. The van der Waals surface area contributed by atoms with Crippen LogP contribution in [0.1, 0.15) is 5.69 Å². The highest BCUT2D eigenvalue weighted by molar-refractivity contribution is 9.10. The number of aromatic nitrogens is 1. The van der Waals surface area contributed by atoms with Gasteiger partial charge in [0.2, 0.25) is 5.88 Å². The lowest BCUT2D eigenvalue weighted by Crippen LogP contribution is -1.99. The molecule has 0 bridgehead atoms. The molecule has 17 heavy (non-hydrogen) atoms. The number of para-hydroxylation sites is 1. The zero-order valence-electron chi connectivity index (χ0n) is 9.39. The van der Waals surface area contributed by atoms with Crippen molar-refractivity contribution in [3.8, 4) is 11.6 Å². The molecule has 1 heterocycles. The molecule has 0 radical (unpaired) electrons. The second-order valence-corrected chi connectivity index (χ2v) is 4.24. The predicted molar refractivity (Wildman–Crippen MR) is 69.3 cm³/mol. The molecule has 2 rings (SSSR count). The summed E-state index contributed by atoms with van der Waals surface area (Å²) in [6.45, 7) is 0.416. The van der Waals surface area contributed by atoms with E-state index in [-0.39, 0.29) is 0 Å². The van der Waals surface area contributed by atoms with Gasteiger partial charge in [0.1, 0.15) is 12.4 Å². The summed E-state index contributed by atoms with van der Waals surface area (Å²) in [4.78, 5) is 4.27. The summed E-state index contributed by atoms with van der Waals surface area (Å²) in [5.41, 5.74) is 0.833. The van der Waals surface area contributed by atoms with Crippen LogP contribution in [0.2, 0.25) is 0 Å². The van der Waals surface area contributed by atoms with Crippen LogP contribution >= 0.6 is 15.9 Å². The minimum Gasteiger partial charge on any atom is -0.486 e. The van der Waals surface area contributed by atoms with Gasteiger partial charge in [0.05, 0.1) is 17.3 Å². The highest BCUT2D eigenvalue weighted by Gasteiger charge is 2.02. The first-order valence-electron chi connectivity index (χ1n) is 5.17. The fraction of sp³-hybridized carbons (Fsp3) is 0.154. The number of pyridine rings is 1. The molecule has 0 fully saturated rings. The highest BCUT2D eigenvalue weighted by Crippen LogP contribution is 2.24. The van der Waals surface area contributed by atoms with Gasteiger partial charge in [0, 0.05) is 6.07 Å². The highest BCUT2D eigenvalue weighted by atomic mass is 79.9. The first-order chi connectivity index (χ1) is 8.29. The Kier molecular flexibility index (Phi) is 3.98. The van der Waals surface area contributed by atoms with Gasteiger partial charge in [-0.25, -0.2) is 4.98 Å². The second kappa shape index (κ2) is 5.68. The zero-order valence-corrected chi connectivity index (χ0v) is 11.0. The topological polar surface area (TPSA) is 31.4 Å². The van der Waals surface area contributed by atoms with E-state index >= 15 is 0 Å². The van der Waals surface area contributed by atoms with Crippen LogP contribution in [-0.2, 0) is 6.61 Å². The quantitative estimate of drug-likeness (QED) is 0.865. The molecular formula is C13H12BrNO2. The Hall–Kier alpha value is -1.55. The molecule has 0 aliphatic heterocycles. The van der Waals surface area contributed by atoms with E-state index in [9.17, 15) is 0 Å². The summed E-state index contributed by atoms with van der Waals surface area (Å²) < 4.78 is 11.6. The fourth-order valence-electron chi connectivity index (χ4n) is 1.37. The van der Waals surface area contributed by atoms with Crippen molar-refractivity contribution in [2.45, 2.75) is 6.61 Å². The van der Waals surface area contributed by atoms with Gasteiger partial charge in [-0.05, 0) is 34.1 Å². The van der Waals surface area contributed by atoms with E-state index in [0.717, 1.165) is 15.9 Å². The second-order valence-electron chi connectivity index (χ2n) is 3.39. The SMILES string of the molecule is COc1cccc(COc2ccccc2Br)n1. The van der Waals surface area contributed by atoms with Crippen molar-refractivity contribution >= 4 is 15.9 Å². The Morgan fingerprint density at radius 1 is 1.12 bits per heavy atom. The molecule has 2 aromatic rings. The number of hydrogen-bond donors (Lipinski definition) is 0. The minimum atomic E-state index is 0.416. The maximum Gasteiger partial charge on any atom is 0.213 e. The van der Waals surface area contributed by atoms with E-state index in [0.29, 0.717) is 12.5 Å². The van der Waals surface area contributed by atoms with Crippen LogP contribution in [0.3, 0.4) is 0 Å². The summed E-state index contributed by atoms with van der Waals surface area (Å²) in [7, 11) is 1.60. The lowest BCUT2D eigenvalue weighted by molar-refractivity contribution is 0.296. The van der Waals surface area contributed by atoms with Crippen LogP contribution in [-0.4, -0.2) is 12.1 Å². The van der Waals surface area contributed by atoms with Crippen molar-refractivity contribution in [3.05, 3.63) is 52.6 Å². The van der Waals surface area contributed by atoms with E-state index in [1.54, 1.807) is 7.11 Å². The van der Waals surface area contributed by atoms with Gasteiger partial charge in [0.25, 0.3) is 0 Å². The van der Waals surface area contributed by atoms with Crippen LogP contribution in [0.4, 0.5) is 0 Å². The number of halogens is 1. The standard InChI is InChI=1S/C13H12BrNO2/c1-16-13-8-4-5-10(15-13)9-17-12-7-3-2-6-11(12)14/h2-8H,9H2,1H3. The third-order valence-electron chi connectivity index (χ3n) is 2.20. The lowest BCUT2D eigenvalue weighted by Gasteiger charge is -2.08. The molecular weight excluding hydrogens is 282 g/mol. The van der Waals surface area contributed by atoms with Crippen molar-refractivity contribution in [2.24, 2.45) is 0 Å². The number of benzene rings is 1. The third-order valence-corrected chi connectivity index (χ3v) is 2.86. The number of methoxy groups -OCH3 is 1. The maximum absolute atomic E-state index is 5.66. The van der Waals surface area contributed by atoms with Crippen molar-refractivity contribution in [2.75, 3.05) is 7.11 Å². The summed E-state index contributed by atoms with van der Waals surface area (Å²) in [5, 5.41) is 0. The molecule has 1 aromatic heterocycles. The normalized spacial score (nSPS) is 10.0. The van der Waals surface area contributed by atoms with Crippen LogP contribution in [0.25, 0.3) is 0 Å². The maximum atomic E-state index is 5.66. The van der Waals surface area contributed by atoms with Gasteiger partial charge in [-0.3, -0.25) is 0 Å². The molecule has 0 N–H and O–H groups in total. The minimum absolute atomic E-state index is 0.416. The summed E-state index contributed by atoms with van der Waals surface area (Å²) >= 11 is 3.43. The van der Waals surface area contributed by atoms with Gasteiger partial charge >= 0.3 is 0 Å². The van der Waals surface area contributed by atoms with Gasteiger partial charge < -0.3 is 9.47 Å². The van der Waals surface area contributed by atoms with Gasteiger partial charge in [-0.15, -0.1) is 0 Å². The smallest absolute Gasteiger partial charge is 0.213 e. The van der Waals surface area contributed by atoms with Gasteiger partial charge in [-0.1, -0.05) is 18.2 Å². The Bertz CT molecular complexity index is 502. The Labute approximate surface area is 109 Å². The first kappa shape index (κ1) is 11.9. The predicted octanol–water partition coefficient (Wildman–Crippen LogP) is 3.43. The van der Waals surface area contributed by atoms with E-state index in [2.05, 4.69) is 20.9 Å². The summed E-state index contributed by atoms with van der Waals surface area (Å²) in [6.07, 6.45) is 0. The first-order valence-corrected chi connectivity index (χ1v) is 5.96. The monoisotopic (exact) mass is 293 g/mol. The zero-order chi connectivity index (χ0) is 12.1. The molecule has 88 valence electrons. The molecule has 4 heteroatoms. The van der Waals surface area contributed by atoms with Crippen LogP contribution in [0, 0.1) is 0 Å². The van der Waals surface area contributed by atoms with Gasteiger partial charge in [-0.2, -0.15) is 0 Å². The molecule has 0 spiro atoms. The molecule has 0 aliphatic rings. The molecule has 0 saturated carbocycles. The number of hydrogen-bond acceptors (Lipinski definition) is 3.